The van der Waals surface area contributed by atoms with Gasteiger partial charge in [0, 0.05) is 10.6 Å². The zero-order chi connectivity index (χ0) is 25.2. The van der Waals surface area contributed by atoms with Gasteiger partial charge in [-0.05, 0) is 83.9 Å². The van der Waals surface area contributed by atoms with Gasteiger partial charge in [-0.1, -0.05) is 54.1 Å². The summed E-state index contributed by atoms with van der Waals surface area (Å²) in [5.41, 5.74) is 5.24. The first-order valence-electron chi connectivity index (χ1n) is 11.4. The molecule has 1 unspecified atom stereocenters. The van der Waals surface area contributed by atoms with Crippen LogP contribution in [-0.2, 0) is 22.6 Å². The van der Waals surface area contributed by atoms with Gasteiger partial charge in [-0.25, -0.2) is 4.79 Å². The molecule has 3 aromatic rings. The summed E-state index contributed by atoms with van der Waals surface area (Å²) in [4.78, 5) is 24.8. The van der Waals surface area contributed by atoms with E-state index in [1.54, 1.807) is 17.8 Å². The number of ether oxygens (including phenoxy) is 1. The number of aliphatic carboxylic acids is 1. The molecular weight excluding hydrogens is 489 g/mol. The van der Waals surface area contributed by atoms with Crippen molar-refractivity contribution in [1.29, 1.82) is 0 Å². The van der Waals surface area contributed by atoms with E-state index in [9.17, 15) is 14.7 Å². The SMILES string of the molecule is CSCCC(NC(=O)c1ccc(COCCc2ccc(Cl)cc2)cc1-c1ccccc1C)C(=O)O.[LiH]. The zero-order valence-corrected chi connectivity index (χ0v) is 21.5. The first kappa shape index (κ1) is 30.0. The molecule has 0 radical (unpaired) electrons. The quantitative estimate of drug-likeness (QED) is 0.249. The second-order valence-corrected chi connectivity index (χ2v) is 9.69. The van der Waals surface area contributed by atoms with Crippen LogP contribution in [-0.4, -0.2) is 60.5 Å². The number of carbonyl (C=O) groups excluding carboxylic acids is 1. The van der Waals surface area contributed by atoms with Gasteiger partial charge in [0.2, 0.25) is 0 Å². The van der Waals surface area contributed by atoms with Crippen LogP contribution in [0.3, 0.4) is 0 Å². The van der Waals surface area contributed by atoms with Crippen LogP contribution in [0.15, 0.2) is 66.7 Å². The molecule has 3 aromatic carbocycles. The van der Waals surface area contributed by atoms with Crippen molar-refractivity contribution >= 4 is 54.1 Å². The van der Waals surface area contributed by atoms with Crippen molar-refractivity contribution in [3.8, 4) is 11.1 Å². The maximum absolute atomic E-state index is 13.2. The molecule has 5 nitrogen and oxygen atoms in total. The van der Waals surface area contributed by atoms with Crippen LogP contribution in [0, 0.1) is 6.92 Å². The van der Waals surface area contributed by atoms with Gasteiger partial charge in [0.25, 0.3) is 5.91 Å². The van der Waals surface area contributed by atoms with Gasteiger partial charge in [-0.3, -0.25) is 4.79 Å². The van der Waals surface area contributed by atoms with Gasteiger partial charge in [0.1, 0.15) is 6.04 Å². The molecule has 2 N–H and O–H groups in total. The number of nitrogens with one attached hydrogen (secondary N) is 1. The standard InChI is InChI=1S/C28H30ClNO4S.Li.H/c1-19-5-3-4-6-23(19)25-17-21(18-34-15-13-20-7-10-22(29)11-8-20)9-12-24(25)27(31)30-26(28(32)33)14-16-35-2;;/h3-12,17,26H,13-16,18H2,1-2H3,(H,30,31)(H,32,33);;. The van der Waals surface area contributed by atoms with Gasteiger partial charge in [0.05, 0.1) is 13.2 Å². The Morgan fingerprint density at radius 2 is 1.72 bits per heavy atom. The Kier molecular flexibility index (Phi) is 12.6. The van der Waals surface area contributed by atoms with E-state index in [1.165, 1.54) is 0 Å². The summed E-state index contributed by atoms with van der Waals surface area (Å²) < 4.78 is 5.90. The average molecular weight is 520 g/mol. The third-order valence-electron chi connectivity index (χ3n) is 5.69. The third-order valence-corrected chi connectivity index (χ3v) is 6.59. The first-order chi connectivity index (χ1) is 16.9. The fraction of sp³-hybridized carbons (Fsp3) is 0.286. The average Bonchev–Trinajstić information content (AvgIpc) is 2.85. The number of hydrogen-bond acceptors (Lipinski definition) is 4. The molecule has 0 heterocycles. The van der Waals surface area contributed by atoms with Crippen molar-refractivity contribution in [1.82, 2.24) is 5.32 Å². The van der Waals surface area contributed by atoms with Crippen LogP contribution in [0.4, 0.5) is 0 Å². The number of carbonyl (C=O) groups is 2. The predicted molar refractivity (Wildman–Crippen MR) is 150 cm³/mol. The summed E-state index contributed by atoms with van der Waals surface area (Å²) in [6.07, 6.45) is 3.05. The Hall–Kier alpha value is -2.20. The number of thioether (sulfide) groups is 1. The number of aryl methyl sites for hydroxylation is 1. The number of carboxylic acid groups (broad SMARTS) is 1. The van der Waals surface area contributed by atoms with Crippen LogP contribution in [0.25, 0.3) is 11.1 Å². The third kappa shape index (κ3) is 8.72. The summed E-state index contributed by atoms with van der Waals surface area (Å²) in [5, 5.41) is 12.9. The number of carboxylic acids is 1. The van der Waals surface area contributed by atoms with E-state index in [1.807, 2.05) is 73.8 Å². The normalized spacial score (nSPS) is 11.4. The molecule has 0 spiro atoms. The topological polar surface area (TPSA) is 75.6 Å². The van der Waals surface area contributed by atoms with E-state index in [2.05, 4.69) is 5.32 Å². The molecular formula is C28H31ClLiNO4S. The van der Waals surface area contributed by atoms with E-state index >= 15 is 0 Å². The summed E-state index contributed by atoms with van der Waals surface area (Å²) in [6, 6.07) is 20.2. The van der Waals surface area contributed by atoms with Crippen molar-refractivity contribution in [2.75, 3.05) is 18.6 Å². The molecule has 0 bridgehead atoms. The number of hydrogen-bond donors (Lipinski definition) is 2. The van der Waals surface area contributed by atoms with Crippen LogP contribution < -0.4 is 5.32 Å². The minimum atomic E-state index is -1.03. The van der Waals surface area contributed by atoms with E-state index in [0.29, 0.717) is 36.0 Å². The molecule has 36 heavy (non-hydrogen) atoms. The minimum absolute atomic E-state index is 0. The number of benzene rings is 3. The van der Waals surface area contributed by atoms with Gasteiger partial charge in [-0.2, -0.15) is 11.8 Å². The molecule has 0 aliphatic heterocycles. The van der Waals surface area contributed by atoms with Gasteiger partial charge in [-0.15, -0.1) is 0 Å². The number of amides is 1. The molecule has 3 rings (SSSR count). The first-order valence-corrected chi connectivity index (χ1v) is 13.2. The van der Waals surface area contributed by atoms with E-state index in [-0.39, 0.29) is 18.9 Å². The molecule has 0 saturated carbocycles. The van der Waals surface area contributed by atoms with Gasteiger partial charge < -0.3 is 15.2 Å². The Morgan fingerprint density at radius 1 is 1.03 bits per heavy atom. The van der Waals surface area contributed by atoms with Crippen molar-refractivity contribution < 1.29 is 19.4 Å². The van der Waals surface area contributed by atoms with Crippen LogP contribution in [0.2, 0.25) is 5.02 Å². The Labute approximate surface area is 234 Å². The molecule has 0 fully saturated rings. The summed E-state index contributed by atoms with van der Waals surface area (Å²) in [7, 11) is 0. The van der Waals surface area contributed by atoms with Gasteiger partial charge >= 0.3 is 24.8 Å². The fourth-order valence-corrected chi connectivity index (χ4v) is 4.33. The molecule has 1 amide bonds. The molecule has 0 aliphatic rings. The van der Waals surface area contributed by atoms with Crippen molar-refractivity contribution in [2.24, 2.45) is 0 Å². The van der Waals surface area contributed by atoms with Gasteiger partial charge in [0.15, 0.2) is 0 Å². The molecule has 1 atom stereocenters. The van der Waals surface area contributed by atoms with Crippen molar-refractivity contribution in [3.63, 3.8) is 0 Å². The number of halogens is 1. The molecule has 186 valence electrons. The van der Waals surface area contributed by atoms with Crippen molar-refractivity contribution in [3.05, 3.63) is 94.0 Å². The van der Waals surface area contributed by atoms with Crippen LogP contribution in [0.5, 0.6) is 0 Å². The summed E-state index contributed by atoms with van der Waals surface area (Å²) >= 11 is 7.49. The van der Waals surface area contributed by atoms with E-state index < -0.39 is 17.9 Å². The van der Waals surface area contributed by atoms with Crippen molar-refractivity contribution in [2.45, 2.75) is 32.4 Å². The Bertz CT molecular complexity index is 1160. The Morgan fingerprint density at radius 3 is 2.39 bits per heavy atom. The second-order valence-electron chi connectivity index (χ2n) is 8.27. The Balaban J connectivity index is 0.00000456. The second kappa shape index (κ2) is 15.1. The summed E-state index contributed by atoms with van der Waals surface area (Å²) in [6.45, 7) is 2.95. The molecule has 0 aliphatic carbocycles. The molecule has 8 heteroatoms. The van der Waals surface area contributed by atoms with E-state index in [0.717, 1.165) is 34.2 Å². The fourth-order valence-electron chi connectivity index (χ4n) is 3.74. The van der Waals surface area contributed by atoms with Crippen LogP contribution in [0.1, 0.15) is 33.5 Å². The molecule has 0 aromatic heterocycles. The number of rotatable bonds is 12. The van der Waals surface area contributed by atoms with Crippen LogP contribution >= 0.6 is 23.4 Å². The predicted octanol–water partition coefficient (Wildman–Crippen LogP) is 5.36. The zero-order valence-electron chi connectivity index (χ0n) is 19.9. The maximum atomic E-state index is 13.2. The summed E-state index contributed by atoms with van der Waals surface area (Å²) in [5.74, 6) is -0.781. The van der Waals surface area contributed by atoms with E-state index in [4.69, 9.17) is 16.3 Å². The molecule has 0 saturated heterocycles. The monoisotopic (exact) mass is 519 g/mol.